The largest absolute Gasteiger partial charge is 0.337 e. The van der Waals surface area contributed by atoms with Gasteiger partial charge in [0.25, 0.3) is 5.91 Å². The van der Waals surface area contributed by atoms with Gasteiger partial charge in [0.2, 0.25) is 0 Å². The van der Waals surface area contributed by atoms with E-state index in [2.05, 4.69) is 55.5 Å². The summed E-state index contributed by atoms with van der Waals surface area (Å²) in [6, 6.07) is 10.7. The number of nitrogens with one attached hydrogen (secondary N) is 1. The maximum Gasteiger partial charge on any atom is 0.254 e. The Hall–Kier alpha value is -2.15. The molecule has 1 aliphatic rings. The second-order valence-electron chi connectivity index (χ2n) is 8.22. The Bertz CT molecular complexity index is 1030. The highest BCUT2D eigenvalue weighted by molar-refractivity contribution is 6.06. The average molecular weight is 464 g/mol. The number of rotatable bonds is 4. The predicted molar refractivity (Wildman–Crippen MR) is 131 cm³/mol. The van der Waals surface area contributed by atoms with E-state index in [0.29, 0.717) is 11.6 Å². The average Bonchev–Trinajstić information content (AvgIpc) is 3.17. The van der Waals surface area contributed by atoms with Crippen LogP contribution in [0.3, 0.4) is 0 Å². The third kappa shape index (κ3) is 5.03. The van der Waals surface area contributed by atoms with Gasteiger partial charge in [0.15, 0.2) is 5.65 Å². The number of fused-ring (bicyclic) bond motifs is 1. The van der Waals surface area contributed by atoms with E-state index >= 15 is 0 Å². The number of nitrogens with zero attached hydrogens (tertiary/aromatic N) is 4. The van der Waals surface area contributed by atoms with Gasteiger partial charge in [-0.2, -0.15) is 5.10 Å². The molecule has 0 saturated carbocycles. The Morgan fingerprint density at radius 3 is 2.55 bits per heavy atom. The van der Waals surface area contributed by atoms with Crippen LogP contribution in [-0.2, 0) is 0 Å². The summed E-state index contributed by atoms with van der Waals surface area (Å²) in [5.41, 5.74) is 4.47. The monoisotopic (exact) mass is 463 g/mol. The van der Waals surface area contributed by atoms with Gasteiger partial charge < -0.3 is 10.2 Å². The lowest BCUT2D eigenvalue weighted by atomic mass is 10.0. The molecule has 31 heavy (non-hydrogen) atoms. The minimum absolute atomic E-state index is 0. The summed E-state index contributed by atoms with van der Waals surface area (Å²) in [4.78, 5) is 20.4. The van der Waals surface area contributed by atoms with Crippen molar-refractivity contribution in [3.05, 3.63) is 47.7 Å². The van der Waals surface area contributed by atoms with Gasteiger partial charge in [-0.25, -0.2) is 9.67 Å². The number of carbonyl (C=O) groups is 1. The molecule has 1 aliphatic heterocycles. The number of likely N-dealkylation sites (tertiary alicyclic amines) is 1. The van der Waals surface area contributed by atoms with Crippen molar-refractivity contribution in [1.82, 2.24) is 25.0 Å². The van der Waals surface area contributed by atoms with Crippen LogP contribution in [0.2, 0.25) is 0 Å². The van der Waals surface area contributed by atoms with Gasteiger partial charge in [0.05, 0.1) is 22.8 Å². The molecule has 1 amide bonds. The van der Waals surface area contributed by atoms with Crippen molar-refractivity contribution in [1.29, 1.82) is 0 Å². The zero-order chi connectivity index (χ0) is 20.5. The van der Waals surface area contributed by atoms with E-state index in [-0.39, 0.29) is 36.8 Å². The summed E-state index contributed by atoms with van der Waals surface area (Å²) in [6.45, 7) is 7.75. The normalized spacial score (nSPS) is 16.2. The first kappa shape index (κ1) is 25.1. The summed E-state index contributed by atoms with van der Waals surface area (Å²) < 4.78 is 1.90. The molecule has 168 valence electrons. The van der Waals surface area contributed by atoms with E-state index < -0.39 is 0 Å². The van der Waals surface area contributed by atoms with Gasteiger partial charge in [0.1, 0.15) is 0 Å². The molecule has 1 aromatic carbocycles. The number of hydrogen-bond donors (Lipinski definition) is 1. The number of likely N-dealkylation sites (N-methyl/N-ethyl adjacent to an activating group) is 1. The van der Waals surface area contributed by atoms with Crippen LogP contribution in [0, 0.1) is 6.92 Å². The van der Waals surface area contributed by atoms with Crippen LogP contribution in [0.25, 0.3) is 22.3 Å². The minimum Gasteiger partial charge on any atom is -0.337 e. The Morgan fingerprint density at radius 2 is 1.90 bits per heavy atom. The smallest absolute Gasteiger partial charge is 0.254 e. The van der Waals surface area contributed by atoms with Crippen LogP contribution < -0.4 is 5.32 Å². The Kier molecular flexibility index (Phi) is 8.46. The van der Waals surface area contributed by atoms with Crippen LogP contribution in [0.15, 0.2) is 36.5 Å². The first-order valence-electron chi connectivity index (χ1n) is 10.4. The molecule has 1 fully saturated rings. The predicted octanol–water partition coefficient (Wildman–Crippen LogP) is 4.66. The highest BCUT2D eigenvalue weighted by Gasteiger charge is 2.26. The summed E-state index contributed by atoms with van der Waals surface area (Å²) >= 11 is 0. The van der Waals surface area contributed by atoms with Crippen molar-refractivity contribution in [2.75, 3.05) is 20.1 Å². The fourth-order valence-electron chi connectivity index (χ4n) is 4.01. The van der Waals surface area contributed by atoms with Gasteiger partial charge in [0, 0.05) is 30.7 Å². The number of benzene rings is 1. The number of amides is 1. The Balaban J connectivity index is 0.00000171. The quantitative estimate of drug-likeness (QED) is 0.611. The molecule has 1 atom stereocenters. The van der Waals surface area contributed by atoms with Gasteiger partial charge >= 0.3 is 0 Å². The van der Waals surface area contributed by atoms with E-state index in [1.165, 1.54) is 5.56 Å². The molecular weight excluding hydrogens is 433 g/mol. The second-order valence-corrected chi connectivity index (χ2v) is 8.22. The molecule has 0 bridgehead atoms. The van der Waals surface area contributed by atoms with E-state index in [4.69, 9.17) is 4.98 Å². The lowest BCUT2D eigenvalue weighted by Crippen LogP contribution is -2.47. The summed E-state index contributed by atoms with van der Waals surface area (Å²) in [6.07, 6.45) is 3.90. The fourth-order valence-corrected chi connectivity index (χ4v) is 4.01. The number of carbonyl (C=O) groups excluding carboxylic acids is 1. The number of pyridine rings is 1. The Morgan fingerprint density at radius 1 is 1.19 bits per heavy atom. The van der Waals surface area contributed by atoms with Crippen molar-refractivity contribution in [2.24, 2.45) is 0 Å². The summed E-state index contributed by atoms with van der Waals surface area (Å²) in [5, 5.41) is 8.68. The molecule has 0 spiro atoms. The van der Waals surface area contributed by atoms with Crippen LogP contribution in [0.4, 0.5) is 0 Å². The van der Waals surface area contributed by atoms with E-state index in [0.717, 1.165) is 48.2 Å². The lowest BCUT2D eigenvalue weighted by Gasteiger charge is -2.32. The fraction of sp³-hybridized carbons (Fsp3) is 0.435. The molecule has 3 heterocycles. The van der Waals surface area contributed by atoms with Crippen molar-refractivity contribution in [2.45, 2.75) is 45.7 Å². The molecule has 1 saturated heterocycles. The van der Waals surface area contributed by atoms with E-state index in [9.17, 15) is 4.79 Å². The van der Waals surface area contributed by atoms with Gasteiger partial charge in [-0.1, -0.05) is 29.8 Å². The second kappa shape index (κ2) is 10.4. The van der Waals surface area contributed by atoms with Gasteiger partial charge in [-0.15, -0.1) is 24.8 Å². The minimum atomic E-state index is 0. The highest BCUT2D eigenvalue weighted by atomic mass is 35.5. The summed E-state index contributed by atoms with van der Waals surface area (Å²) in [7, 11) is 1.96. The Labute approximate surface area is 196 Å². The molecule has 3 aromatic rings. The molecule has 1 unspecified atom stereocenters. The maximum absolute atomic E-state index is 13.5. The number of halogens is 2. The number of piperidine rings is 1. The summed E-state index contributed by atoms with van der Waals surface area (Å²) in [5.74, 6) is 0.0639. The highest BCUT2D eigenvalue weighted by Crippen LogP contribution is 2.28. The molecule has 8 heteroatoms. The molecule has 6 nitrogen and oxygen atoms in total. The maximum atomic E-state index is 13.5. The van der Waals surface area contributed by atoms with Gasteiger partial charge in [-0.05, 0) is 46.7 Å². The third-order valence-corrected chi connectivity index (χ3v) is 5.75. The van der Waals surface area contributed by atoms with Crippen LogP contribution in [0.5, 0.6) is 0 Å². The first-order chi connectivity index (χ1) is 14.0. The van der Waals surface area contributed by atoms with Crippen LogP contribution in [-0.4, -0.2) is 51.8 Å². The van der Waals surface area contributed by atoms with Crippen molar-refractivity contribution >= 4 is 41.8 Å². The molecule has 2 aromatic heterocycles. The van der Waals surface area contributed by atoms with Crippen molar-refractivity contribution < 1.29 is 4.79 Å². The zero-order valence-electron chi connectivity index (χ0n) is 18.5. The van der Waals surface area contributed by atoms with E-state index in [1.54, 1.807) is 6.20 Å². The SMILES string of the molecule is CNC1CCCN(C(=O)c2cc(-c3ccc(C)cc3)nc3c2cnn3C(C)C)C1.Cl.Cl. The molecule has 1 N–H and O–H groups in total. The number of hydrogen-bond acceptors (Lipinski definition) is 4. The number of aromatic nitrogens is 3. The van der Waals surface area contributed by atoms with Gasteiger partial charge in [-0.3, -0.25) is 4.79 Å². The third-order valence-electron chi connectivity index (χ3n) is 5.75. The molecule has 0 aliphatic carbocycles. The van der Waals surface area contributed by atoms with Crippen molar-refractivity contribution in [3.63, 3.8) is 0 Å². The molecule has 0 radical (unpaired) electrons. The van der Waals surface area contributed by atoms with E-state index in [1.807, 2.05) is 22.7 Å². The van der Waals surface area contributed by atoms with Crippen molar-refractivity contribution in [3.8, 4) is 11.3 Å². The number of aryl methyl sites for hydroxylation is 1. The molecular formula is C23H31Cl2N5O. The lowest BCUT2D eigenvalue weighted by molar-refractivity contribution is 0.0700. The standard InChI is InChI=1S/C23H29N5O.2ClH/c1-15(2)28-22-20(13-25-28)19(23(29)27-11-5-6-18(14-27)24-4)12-21(26-22)17-9-7-16(3)8-10-17;;/h7-10,12-13,15,18,24H,5-6,11,14H2,1-4H3;2*1H. The zero-order valence-corrected chi connectivity index (χ0v) is 20.1. The first-order valence-corrected chi connectivity index (χ1v) is 10.4. The van der Waals surface area contributed by atoms with Crippen LogP contribution >= 0.6 is 24.8 Å². The molecule has 4 rings (SSSR count). The van der Waals surface area contributed by atoms with Crippen LogP contribution in [0.1, 0.15) is 48.7 Å². The topological polar surface area (TPSA) is 63.1 Å².